The van der Waals surface area contributed by atoms with Crippen LogP contribution < -0.4 is 10.6 Å². The van der Waals surface area contributed by atoms with Gasteiger partial charge in [0.05, 0.1) is 50.7 Å². The summed E-state index contributed by atoms with van der Waals surface area (Å²) in [5, 5.41) is 137. The van der Waals surface area contributed by atoms with Crippen LogP contribution in [0.2, 0.25) is 0 Å². The average molecular weight is 1450 g/mol. The van der Waals surface area contributed by atoms with Crippen molar-refractivity contribution in [3.05, 3.63) is 24.3 Å². The van der Waals surface area contributed by atoms with Crippen LogP contribution in [0.3, 0.4) is 0 Å². The summed E-state index contributed by atoms with van der Waals surface area (Å²) in [6.45, 7) is 2.24. The molecule has 101 heavy (non-hydrogen) atoms. The van der Waals surface area contributed by atoms with E-state index in [-0.39, 0.29) is 18.9 Å². The van der Waals surface area contributed by atoms with Crippen LogP contribution >= 0.6 is 0 Å². The minimum atomic E-state index is -3.08. The number of ether oxygens (including phenoxy) is 6. The zero-order valence-corrected chi connectivity index (χ0v) is 62.5. The van der Waals surface area contributed by atoms with Crippen molar-refractivity contribution >= 4 is 17.8 Å². The van der Waals surface area contributed by atoms with E-state index in [4.69, 9.17) is 28.4 Å². The molecule has 0 aliphatic carbocycles. The number of nitrogens with one attached hydrogen (secondary N) is 2. The number of carboxylic acids is 1. The Kier molecular flexibility index (Phi) is 52.5. The van der Waals surface area contributed by atoms with Gasteiger partial charge in [0.25, 0.3) is 5.79 Å². The normalized spacial score (nSPS) is 26.9. The predicted molar refractivity (Wildman–Crippen MR) is 389 cm³/mol. The van der Waals surface area contributed by atoms with Crippen LogP contribution in [0, 0.1) is 0 Å². The third kappa shape index (κ3) is 38.0. The number of rotatable bonds is 63. The number of aliphatic hydroxyl groups is 11. The third-order valence-electron chi connectivity index (χ3n) is 20.4. The average Bonchev–Trinajstić information content (AvgIpc) is 0.756. The lowest BCUT2D eigenvalue weighted by molar-refractivity contribution is -0.386. The van der Waals surface area contributed by atoms with E-state index >= 15 is 0 Å². The number of carbonyl (C=O) groups excluding carboxylic acids is 2. The highest BCUT2D eigenvalue weighted by Crippen LogP contribution is 2.39. The number of amides is 2. The highest BCUT2D eigenvalue weighted by atomic mass is 16.8. The first kappa shape index (κ1) is 92.4. The van der Waals surface area contributed by atoms with Gasteiger partial charge in [0, 0.05) is 19.8 Å². The molecule has 0 aromatic heterocycles. The molecule has 0 aromatic rings. The van der Waals surface area contributed by atoms with Gasteiger partial charge in [0.2, 0.25) is 11.8 Å². The first-order valence-electron chi connectivity index (χ1n) is 40.2. The van der Waals surface area contributed by atoms with E-state index in [0.29, 0.717) is 19.3 Å². The number of hydrogen-bond donors (Lipinski definition) is 14. The van der Waals surface area contributed by atoms with Crippen LogP contribution in [0.5, 0.6) is 0 Å². The standard InChI is InChI=1S/C78H144N2O21/c1-4-6-8-10-12-14-16-18-20-22-24-26-28-30-31-33-35-37-39-41-43-45-47-49-51-60(85)59(80-65(88)52-50-48-46-44-42-40-38-36-34-32-29-27-25-23-21-19-17-15-13-11-9-7-5-2)57-96-75-70(92)69(91)72(64(56-83)98-75)99-76-71(93)74(68(90)63(55-82)97-76)101-78(77(94)95)53-61(86)66(79-58(3)84)73(100-78)67(89)62(87)54-81/h25,27,32,34,59-64,66-76,81-83,85-87,89-93H,4-24,26,28-31,33,35-57H2,1-3H3,(H,79,84)(H,80,88)(H,94,95)/b27-25-,34-32-. The minimum Gasteiger partial charge on any atom is -0.477 e. The summed E-state index contributed by atoms with van der Waals surface area (Å²) < 4.78 is 35.0. The van der Waals surface area contributed by atoms with Gasteiger partial charge in [-0.1, -0.05) is 276 Å². The Morgan fingerprint density at radius 1 is 0.515 bits per heavy atom. The van der Waals surface area contributed by atoms with Gasteiger partial charge in [0.15, 0.2) is 12.6 Å². The largest absolute Gasteiger partial charge is 0.477 e. The molecule has 2 amide bonds. The van der Waals surface area contributed by atoms with Gasteiger partial charge in [-0.3, -0.25) is 9.59 Å². The van der Waals surface area contributed by atoms with Crippen LogP contribution in [-0.4, -0.2) is 215 Å². The molecule has 3 aliphatic rings. The molecular weight excluding hydrogens is 1300 g/mol. The summed E-state index contributed by atoms with van der Waals surface area (Å²) >= 11 is 0. The molecule has 0 aromatic carbocycles. The lowest BCUT2D eigenvalue weighted by atomic mass is 9.88. The Morgan fingerprint density at radius 2 is 0.950 bits per heavy atom. The van der Waals surface area contributed by atoms with E-state index in [1.165, 1.54) is 180 Å². The maximum Gasteiger partial charge on any atom is 0.364 e. The van der Waals surface area contributed by atoms with Crippen molar-refractivity contribution < 1.29 is 104 Å². The molecule has 3 saturated heterocycles. The molecule has 3 heterocycles. The molecule has 3 aliphatic heterocycles. The Bertz CT molecular complexity index is 2110. The number of unbranched alkanes of at least 4 members (excludes halogenated alkanes) is 39. The van der Waals surface area contributed by atoms with E-state index in [0.717, 1.165) is 90.4 Å². The van der Waals surface area contributed by atoms with Crippen molar-refractivity contribution in [1.82, 2.24) is 10.6 Å². The van der Waals surface area contributed by atoms with E-state index < -0.39 is 148 Å². The fourth-order valence-corrected chi connectivity index (χ4v) is 14.0. The smallest absolute Gasteiger partial charge is 0.364 e. The number of carboxylic acid groups (broad SMARTS) is 1. The molecule has 3 rings (SSSR count). The molecule has 0 radical (unpaired) electrons. The molecular formula is C78H144N2O21. The van der Waals surface area contributed by atoms with Gasteiger partial charge >= 0.3 is 5.97 Å². The highest BCUT2D eigenvalue weighted by Gasteiger charge is 2.60. The summed E-state index contributed by atoms with van der Waals surface area (Å²) in [6, 6.07) is -2.54. The van der Waals surface area contributed by atoms with Crippen molar-refractivity contribution in [2.45, 2.75) is 426 Å². The maximum atomic E-state index is 13.6. The topological polar surface area (TPSA) is 373 Å². The zero-order valence-electron chi connectivity index (χ0n) is 62.5. The number of hydrogen-bond acceptors (Lipinski definition) is 20. The molecule has 3 fully saturated rings. The van der Waals surface area contributed by atoms with E-state index in [2.05, 4.69) is 48.8 Å². The summed E-state index contributed by atoms with van der Waals surface area (Å²) in [6.07, 6.45) is 33.1. The van der Waals surface area contributed by atoms with Crippen LogP contribution in [-0.2, 0) is 42.8 Å². The first-order chi connectivity index (χ1) is 48.9. The molecule has 23 nitrogen and oxygen atoms in total. The zero-order chi connectivity index (χ0) is 73.9. The maximum absolute atomic E-state index is 13.6. The third-order valence-corrected chi connectivity index (χ3v) is 20.4. The molecule has 23 heteroatoms. The second-order valence-electron chi connectivity index (χ2n) is 29.3. The van der Waals surface area contributed by atoms with Crippen LogP contribution in [0.15, 0.2) is 24.3 Å². The summed E-state index contributed by atoms with van der Waals surface area (Å²) in [7, 11) is 0. The Labute approximate surface area is 606 Å². The molecule has 0 saturated carbocycles. The van der Waals surface area contributed by atoms with Crippen LogP contribution in [0.1, 0.15) is 316 Å². The second-order valence-corrected chi connectivity index (χ2v) is 29.3. The van der Waals surface area contributed by atoms with Gasteiger partial charge < -0.3 is 100 Å². The Hall–Kier alpha value is -2.79. The summed E-state index contributed by atoms with van der Waals surface area (Å²) in [5.41, 5.74) is 0. The first-order valence-corrected chi connectivity index (χ1v) is 40.2. The number of allylic oxidation sites excluding steroid dienone is 4. The lowest BCUT2D eigenvalue weighted by Crippen LogP contribution is -2.70. The van der Waals surface area contributed by atoms with E-state index in [1.807, 2.05) is 0 Å². The van der Waals surface area contributed by atoms with Crippen molar-refractivity contribution in [3.63, 3.8) is 0 Å². The molecule has 592 valence electrons. The monoisotopic (exact) mass is 1450 g/mol. The van der Waals surface area contributed by atoms with Gasteiger partial charge in [-0.25, -0.2) is 4.79 Å². The molecule has 0 spiro atoms. The Balaban J connectivity index is 1.53. The molecule has 18 unspecified atom stereocenters. The van der Waals surface area contributed by atoms with Gasteiger partial charge in [-0.2, -0.15) is 0 Å². The molecule has 18 atom stereocenters. The fraction of sp³-hybridized carbons (Fsp3) is 0.910. The SMILES string of the molecule is CCCCCCCCCCC/C=C\C/C=C\CCCCCCCCCC(=O)NC(COC1OC(CO)C(OC2OC(CO)C(O)C(OC3(C(=O)O)CC(O)C(NC(C)=O)C(C(O)C(O)CO)O3)C2O)C(O)C1O)C(O)CCCCCCCCCCCCCCCCCCCCCCCCCC. The van der Waals surface area contributed by atoms with Crippen molar-refractivity contribution in [3.8, 4) is 0 Å². The summed E-state index contributed by atoms with van der Waals surface area (Å²) in [4.78, 5) is 38.7. The van der Waals surface area contributed by atoms with Gasteiger partial charge in [-0.05, 0) is 44.9 Å². The van der Waals surface area contributed by atoms with Crippen LogP contribution in [0.25, 0.3) is 0 Å². The number of carbonyl (C=O) groups is 3. The number of aliphatic carboxylic acids is 1. The van der Waals surface area contributed by atoms with Gasteiger partial charge in [-0.15, -0.1) is 0 Å². The Morgan fingerprint density at radius 3 is 1.39 bits per heavy atom. The summed E-state index contributed by atoms with van der Waals surface area (Å²) in [5.74, 6) is -6.11. The van der Waals surface area contributed by atoms with E-state index in [9.17, 15) is 75.7 Å². The lowest BCUT2D eigenvalue weighted by Gasteiger charge is -2.50. The second kappa shape index (κ2) is 57.4. The van der Waals surface area contributed by atoms with E-state index in [1.54, 1.807) is 0 Å². The molecule has 14 N–H and O–H groups in total. The number of aliphatic hydroxyl groups excluding tert-OH is 11. The van der Waals surface area contributed by atoms with Crippen molar-refractivity contribution in [2.75, 3.05) is 26.4 Å². The van der Waals surface area contributed by atoms with Crippen LogP contribution in [0.4, 0.5) is 0 Å². The van der Waals surface area contributed by atoms with Crippen molar-refractivity contribution in [1.29, 1.82) is 0 Å². The van der Waals surface area contributed by atoms with Crippen molar-refractivity contribution in [2.24, 2.45) is 0 Å². The van der Waals surface area contributed by atoms with Gasteiger partial charge in [0.1, 0.15) is 67.1 Å². The molecule has 0 bridgehead atoms. The fourth-order valence-electron chi connectivity index (χ4n) is 14.0. The highest BCUT2D eigenvalue weighted by molar-refractivity contribution is 5.77. The minimum absolute atomic E-state index is 0.215. The predicted octanol–water partition coefficient (Wildman–Crippen LogP) is 10.4. The quantitative estimate of drug-likeness (QED) is 0.0199.